The van der Waals surface area contributed by atoms with Gasteiger partial charge in [-0.05, 0) is 72.2 Å². The maximum Gasteiger partial charge on any atom is 0.264 e. The number of para-hydroxylation sites is 1. The number of aryl methyl sites for hydroxylation is 1. The van der Waals surface area contributed by atoms with Crippen molar-refractivity contribution in [2.75, 3.05) is 4.90 Å². The standard InChI is InChI=1S/C33H35IN4O4/c1-21-29(32(2,3)41)28(17-18-37-20-26(35-36-37)30(39)23-9-5-4-6-10-23)42-33(21)25-11-7-8-12-27(25)38(31(33)40)19-22-13-15-24(34)16-14-22/h4-16,20-21,28-30,39,41H,17-19H2,1-3H3/t21-,28+,29-,30-,33+/m1/s1. The molecule has 1 fully saturated rings. The number of hydrogen-bond donors (Lipinski definition) is 2. The fourth-order valence-corrected chi connectivity index (χ4v) is 7.20. The van der Waals surface area contributed by atoms with E-state index in [-0.39, 0.29) is 17.7 Å². The summed E-state index contributed by atoms with van der Waals surface area (Å²) in [7, 11) is 0. The van der Waals surface area contributed by atoms with Crippen LogP contribution in [0.5, 0.6) is 0 Å². The van der Waals surface area contributed by atoms with Crippen molar-refractivity contribution < 1.29 is 19.7 Å². The quantitative estimate of drug-likeness (QED) is 0.248. The third-order valence-electron chi connectivity index (χ3n) is 8.74. The SMILES string of the molecule is C[C@@H]1[C@@H](C(C)(C)O)[C@H](CCn2cc([C@H](O)c3ccccc3)nn2)O[C@@]12C(=O)N(Cc1ccc(I)cc1)c1ccccc12. The largest absolute Gasteiger partial charge is 0.390 e. The van der Waals surface area contributed by atoms with Crippen LogP contribution in [0, 0.1) is 15.4 Å². The Balaban J connectivity index is 1.27. The Morgan fingerprint density at radius 2 is 1.74 bits per heavy atom. The van der Waals surface area contributed by atoms with Gasteiger partial charge in [0.1, 0.15) is 11.8 Å². The lowest BCUT2D eigenvalue weighted by molar-refractivity contribution is -0.146. The highest BCUT2D eigenvalue weighted by Crippen LogP contribution is 2.57. The van der Waals surface area contributed by atoms with Crippen LogP contribution in [0.3, 0.4) is 0 Å². The van der Waals surface area contributed by atoms with Gasteiger partial charge in [-0.1, -0.05) is 72.8 Å². The van der Waals surface area contributed by atoms with Gasteiger partial charge < -0.3 is 19.8 Å². The summed E-state index contributed by atoms with van der Waals surface area (Å²) in [5.41, 5.74) is 1.64. The van der Waals surface area contributed by atoms with Crippen LogP contribution in [0.25, 0.3) is 0 Å². The van der Waals surface area contributed by atoms with E-state index >= 15 is 0 Å². The van der Waals surface area contributed by atoms with Crippen LogP contribution in [0.4, 0.5) is 5.69 Å². The molecule has 2 aliphatic rings. The summed E-state index contributed by atoms with van der Waals surface area (Å²) in [6.45, 7) is 6.50. The Labute approximate surface area is 259 Å². The van der Waals surface area contributed by atoms with Gasteiger partial charge in [0.05, 0.1) is 30.1 Å². The minimum Gasteiger partial charge on any atom is -0.390 e. The van der Waals surface area contributed by atoms with Crippen LogP contribution in [-0.2, 0) is 28.2 Å². The smallest absolute Gasteiger partial charge is 0.264 e. The molecule has 0 unspecified atom stereocenters. The highest BCUT2D eigenvalue weighted by atomic mass is 127. The first-order chi connectivity index (χ1) is 20.1. The second-order valence-electron chi connectivity index (χ2n) is 11.9. The average molecular weight is 679 g/mol. The molecule has 218 valence electrons. The van der Waals surface area contributed by atoms with E-state index in [4.69, 9.17) is 4.74 Å². The summed E-state index contributed by atoms with van der Waals surface area (Å²) < 4.78 is 9.70. The molecule has 1 amide bonds. The number of aliphatic hydroxyl groups is 2. The molecule has 1 saturated heterocycles. The van der Waals surface area contributed by atoms with Gasteiger partial charge in [-0.25, -0.2) is 0 Å². The number of benzene rings is 3. The van der Waals surface area contributed by atoms with E-state index in [1.54, 1.807) is 24.7 Å². The van der Waals surface area contributed by atoms with Crippen molar-refractivity contribution >= 4 is 34.2 Å². The number of anilines is 1. The summed E-state index contributed by atoms with van der Waals surface area (Å²) in [5, 5.41) is 30.6. The van der Waals surface area contributed by atoms with Crippen LogP contribution < -0.4 is 4.90 Å². The molecule has 4 aromatic rings. The number of aromatic nitrogens is 3. The molecule has 2 N–H and O–H groups in total. The molecule has 6 rings (SSSR count). The van der Waals surface area contributed by atoms with Gasteiger partial charge in [0, 0.05) is 27.5 Å². The number of hydrogen-bond acceptors (Lipinski definition) is 6. The van der Waals surface area contributed by atoms with Crippen LogP contribution in [0.15, 0.2) is 85.1 Å². The summed E-state index contributed by atoms with van der Waals surface area (Å²) in [5.74, 6) is -0.699. The zero-order valence-electron chi connectivity index (χ0n) is 23.9. The van der Waals surface area contributed by atoms with E-state index in [0.717, 1.165) is 25.9 Å². The van der Waals surface area contributed by atoms with E-state index in [1.165, 1.54) is 0 Å². The Kier molecular flexibility index (Phi) is 7.71. The van der Waals surface area contributed by atoms with Crippen LogP contribution >= 0.6 is 22.6 Å². The molecule has 0 radical (unpaired) electrons. The molecule has 1 spiro atoms. The number of nitrogens with zero attached hydrogens (tertiary/aromatic N) is 4. The van der Waals surface area contributed by atoms with Crippen molar-refractivity contribution in [1.82, 2.24) is 15.0 Å². The topological polar surface area (TPSA) is 101 Å². The molecular weight excluding hydrogens is 643 g/mol. The first-order valence-corrected chi connectivity index (χ1v) is 15.4. The highest BCUT2D eigenvalue weighted by Gasteiger charge is 2.65. The van der Waals surface area contributed by atoms with E-state index < -0.39 is 23.4 Å². The van der Waals surface area contributed by atoms with Crippen LogP contribution in [0.1, 0.15) is 55.7 Å². The number of carbonyl (C=O) groups is 1. The number of fused-ring (bicyclic) bond motifs is 2. The third kappa shape index (κ3) is 5.06. The van der Waals surface area contributed by atoms with E-state index in [2.05, 4.69) is 32.9 Å². The molecule has 9 heteroatoms. The van der Waals surface area contributed by atoms with Gasteiger partial charge in [-0.2, -0.15) is 0 Å². The summed E-state index contributed by atoms with van der Waals surface area (Å²) in [4.78, 5) is 16.3. The lowest BCUT2D eigenvalue weighted by Crippen LogP contribution is -2.46. The third-order valence-corrected chi connectivity index (χ3v) is 9.46. The first-order valence-electron chi connectivity index (χ1n) is 14.3. The van der Waals surface area contributed by atoms with Crippen molar-refractivity contribution in [3.05, 3.63) is 111 Å². The number of aliphatic hydroxyl groups excluding tert-OH is 1. The fourth-order valence-electron chi connectivity index (χ4n) is 6.84. The molecule has 0 saturated carbocycles. The number of carbonyl (C=O) groups excluding carboxylic acids is 1. The molecular formula is C33H35IN4O4. The summed E-state index contributed by atoms with van der Waals surface area (Å²) in [6, 6.07) is 25.4. The van der Waals surface area contributed by atoms with Crippen molar-refractivity contribution in [1.29, 1.82) is 0 Å². The minimum absolute atomic E-state index is 0.0967. The zero-order chi connectivity index (χ0) is 29.6. The molecule has 3 aromatic carbocycles. The monoisotopic (exact) mass is 678 g/mol. The van der Waals surface area contributed by atoms with Crippen molar-refractivity contribution in [3.8, 4) is 0 Å². The fraction of sp³-hybridized carbons (Fsp3) is 0.364. The Morgan fingerprint density at radius 3 is 2.45 bits per heavy atom. The predicted octanol–water partition coefficient (Wildman–Crippen LogP) is 5.22. The normalized spacial score (nSPS) is 24.4. The van der Waals surface area contributed by atoms with Gasteiger partial charge in [-0.15, -0.1) is 5.10 Å². The Morgan fingerprint density at radius 1 is 1.05 bits per heavy atom. The predicted molar refractivity (Wildman–Crippen MR) is 167 cm³/mol. The molecule has 0 bridgehead atoms. The molecule has 8 nitrogen and oxygen atoms in total. The van der Waals surface area contributed by atoms with Crippen molar-refractivity contribution in [2.45, 2.75) is 63.7 Å². The zero-order valence-corrected chi connectivity index (χ0v) is 26.0. The Bertz CT molecular complexity index is 1570. The lowest BCUT2D eigenvalue weighted by atomic mass is 9.71. The van der Waals surface area contributed by atoms with Crippen molar-refractivity contribution in [3.63, 3.8) is 0 Å². The number of amides is 1. The van der Waals surface area contributed by atoms with Gasteiger partial charge in [-0.3, -0.25) is 9.48 Å². The second kappa shape index (κ2) is 11.2. The Hall–Kier alpha value is -3.12. The minimum atomic E-state index is -1.20. The average Bonchev–Trinajstić information content (AvgIpc) is 3.64. The van der Waals surface area contributed by atoms with E-state index in [1.807, 2.05) is 90.7 Å². The number of ether oxygens (including phenoxy) is 1. The maximum absolute atomic E-state index is 14.4. The summed E-state index contributed by atoms with van der Waals surface area (Å²) in [6.07, 6.45) is 0.963. The maximum atomic E-state index is 14.4. The molecule has 42 heavy (non-hydrogen) atoms. The van der Waals surface area contributed by atoms with Gasteiger partial charge in [0.15, 0.2) is 5.60 Å². The lowest BCUT2D eigenvalue weighted by Gasteiger charge is -2.34. The second-order valence-corrected chi connectivity index (χ2v) is 13.1. The highest BCUT2D eigenvalue weighted by molar-refractivity contribution is 14.1. The molecule has 0 aliphatic carbocycles. The van der Waals surface area contributed by atoms with Crippen molar-refractivity contribution in [2.24, 2.45) is 11.8 Å². The van der Waals surface area contributed by atoms with Gasteiger partial charge in [0.2, 0.25) is 0 Å². The van der Waals surface area contributed by atoms with Gasteiger partial charge >= 0.3 is 0 Å². The van der Waals surface area contributed by atoms with Crippen LogP contribution in [0.2, 0.25) is 0 Å². The van der Waals surface area contributed by atoms with E-state index in [0.29, 0.717) is 25.2 Å². The summed E-state index contributed by atoms with van der Waals surface area (Å²) >= 11 is 2.28. The first kappa shape index (κ1) is 29.0. The molecule has 3 heterocycles. The molecule has 2 aliphatic heterocycles. The molecule has 5 atom stereocenters. The van der Waals surface area contributed by atoms with Crippen LogP contribution in [-0.4, -0.2) is 42.8 Å². The number of rotatable bonds is 8. The number of halogens is 1. The van der Waals surface area contributed by atoms with E-state index in [9.17, 15) is 15.0 Å². The molecule has 1 aromatic heterocycles. The van der Waals surface area contributed by atoms with Gasteiger partial charge in [0.25, 0.3) is 5.91 Å².